The lowest BCUT2D eigenvalue weighted by molar-refractivity contribution is -0.113. The third-order valence-corrected chi connectivity index (χ3v) is 5.73. The lowest BCUT2D eigenvalue weighted by Crippen LogP contribution is -2.28. The van der Waals surface area contributed by atoms with Gasteiger partial charge >= 0.3 is 0 Å². The summed E-state index contributed by atoms with van der Waals surface area (Å²) in [6.45, 7) is 2.64. The average molecular weight is 449 g/mol. The number of amidine groups is 1. The van der Waals surface area contributed by atoms with E-state index in [1.165, 1.54) is 11.8 Å². The average Bonchev–Trinajstić information content (AvgIpc) is 3.09. The summed E-state index contributed by atoms with van der Waals surface area (Å²) in [5.41, 5.74) is 2.33. The molecule has 1 heterocycles. The summed E-state index contributed by atoms with van der Waals surface area (Å²) in [6, 6.07) is 24.6. The molecule has 1 aliphatic heterocycles. The second-order valence-electron chi connectivity index (χ2n) is 6.85. The second kappa shape index (κ2) is 9.86. The van der Waals surface area contributed by atoms with Crippen LogP contribution in [0.5, 0.6) is 5.75 Å². The van der Waals surface area contributed by atoms with Gasteiger partial charge in [0.25, 0.3) is 5.91 Å². The van der Waals surface area contributed by atoms with E-state index in [4.69, 9.17) is 21.3 Å². The van der Waals surface area contributed by atoms with E-state index < -0.39 is 0 Å². The van der Waals surface area contributed by atoms with Crippen LogP contribution in [0, 0.1) is 0 Å². The van der Waals surface area contributed by atoms with Crippen molar-refractivity contribution in [1.82, 2.24) is 0 Å². The van der Waals surface area contributed by atoms with Crippen LogP contribution < -0.4 is 9.64 Å². The number of ether oxygens (including phenoxy) is 1. The van der Waals surface area contributed by atoms with Crippen molar-refractivity contribution in [2.24, 2.45) is 4.99 Å². The molecule has 3 aromatic carbocycles. The molecule has 0 bridgehead atoms. The van der Waals surface area contributed by atoms with Gasteiger partial charge in [-0.2, -0.15) is 0 Å². The largest absolute Gasteiger partial charge is 0.493 e. The molecule has 1 saturated heterocycles. The zero-order valence-corrected chi connectivity index (χ0v) is 18.6. The van der Waals surface area contributed by atoms with Crippen molar-refractivity contribution >= 4 is 51.9 Å². The van der Waals surface area contributed by atoms with Crippen molar-refractivity contribution in [1.29, 1.82) is 0 Å². The molecule has 1 amide bonds. The molecule has 6 heteroatoms. The predicted octanol–water partition coefficient (Wildman–Crippen LogP) is 6.94. The minimum Gasteiger partial charge on any atom is -0.493 e. The molecule has 0 N–H and O–H groups in total. The minimum atomic E-state index is -0.132. The van der Waals surface area contributed by atoms with E-state index >= 15 is 0 Å². The lowest BCUT2D eigenvalue weighted by atomic mass is 10.1. The number of anilines is 1. The van der Waals surface area contributed by atoms with Crippen molar-refractivity contribution in [3.05, 3.63) is 94.4 Å². The van der Waals surface area contributed by atoms with E-state index in [1.54, 1.807) is 11.0 Å². The monoisotopic (exact) mass is 448 g/mol. The molecule has 4 nitrogen and oxygen atoms in total. The maximum absolute atomic E-state index is 13.4. The maximum atomic E-state index is 13.4. The molecule has 0 aliphatic carbocycles. The summed E-state index contributed by atoms with van der Waals surface area (Å²) < 4.78 is 5.85. The highest BCUT2D eigenvalue weighted by atomic mass is 35.5. The van der Waals surface area contributed by atoms with E-state index in [0.717, 1.165) is 23.4 Å². The van der Waals surface area contributed by atoms with Crippen LogP contribution in [-0.2, 0) is 4.79 Å². The lowest BCUT2D eigenvalue weighted by Gasteiger charge is -2.15. The predicted molar refractivity (Wildman–Crippen MR) is 130 cm³/mol. The number of nitrogens with zero attached hydrogens (tertiary/aromatic N) is 2. The van der Waals surface area contributed by atoms with Crippen molar-refractivity contribution in [3.8, 4) is 5.75 Å². The first kappa shape index (κ1) is 21.2. The highest BCUT2D eigenvalue weighted by Crippen LogP contribution is 2.38. The smallest absolute Gasteiger partial charge is 0.271 e. The normalized spacial score (nSPS) is 16.3. The van der Waals surface area contributed by atoms with Crippen molar-refractivity contribution < 1.29 is 9.53 Å². The molecule has 0 unspecified atom stereocenters. The third-order valence-electron chi connectivity index (χ3n) is 4.52. The van der Waals surface area contributed by atoms with Crippen LogP contribution >= 0.6 is 23.4 Å². The fourth-order valence-corrected chi connectivity index (χ4v) is 4.26. The van der Waals surface area contributed by atoms with Crippen LogP contribution in [-0.4, -0.2) is 17.7 Å². The molecule has 31 heavy (non-hydrogen) atoms. The number of halogens is 1. The highest BCUT2D eigenvalue weighted by molar-refractivity contribution is 8.19. The number of amides is 1. The molecule has 0 spiro atoms. The number of benzene rings is 3. The van der Waals surface area contributed by atoms with Gasteiger partial charge in [-0.05, 0) is 66.7 Å². The Morgan fingerprint density at radius 2 is 1.74 bits per heavy atom. The number of carbonyl (C=O) groups is 1. The van der Waals surface area contributed by atoms with Gasteiger partial charge in [0, 0.05) is 10.6 Å². The quantitative estimate of drug-likeness (QED) is 0.383. The summed E-state index contributed by atoms with van der Waals surface area (Å²) in [5.74, 6) is 0.569. The Morgan fingerprint density at radius 1 is 1.03 bits per heavy atom. The Hall–Kier alpha value is -3.02. The zero-order valence-electron chi connectivity index (χ0n) is 17.0. The van der Waals surface area contributed by atoms with Gasteiger partial charge < -0.3 is 4.74 Å². The summed E-state index contributed by atoms with van der Waals surface area (Å²) in [7, 11) is 0. The zero-order chi connectivity index (χ0) is 21.6. The summed E-state index contributed by atoms with van der Waals surface area (Å²) in [6.07, 6.45) is 2.72. The summed E-state index contributed by atoms with van der Waals surface area (Å²) in [5, 5.41) is 1.19. The van der Waals surface area contributed by atoms with Gasteiger partial charge in [0.05, 0.1) is 22.9 Å². The molecular formula is C25H21ClN2O2S. The first-order chi connectivity index (χ1) is 15.2. The SMILES string of the molecule is CCCOc1ccc(Cl)cc1/C=C1/SC(=Nc2ccccc2)N(c2ccccc2)C1=O. The van der Waals surface area contributed by atoms with Gasteiger partial charge in [0.1, 0.15) is 5.75 Å². The molecule has 156 valence electrons. The second-order valence-corrected chi connectivity index (χ2v) is 8.29. The number of thioether (sulfide) groups is 1. The topological polar surface area (TPSA) is 41.9 Å². The Kier molecular flexibility index (Phi) is 6.75. The third kappa shape index (κ3) is 5.01. The number of hydrogen-bond donors (Lipinski definition) is 0. The number of para-hydroxylation sites is 2. The van der Waals surface area contributed by atoms with E-state index in [-0.39, 0.29) is 5.91 Å². The van der Waals surface area contributed by atoms with Crippen LogP contribution in [0.15, 0.2) is 88.8 Å². The van der Waals surface area contributed by atoms with E-state index in [9.17, 15) is 4.79 Å². The summed E-state index contributed by atoms with van der Waals surface area (Å²) >= 11 is 7.56. The fourth-order valence-electron chi connectivity index (χ4n) is 3.08. The fraction of sp³-hybridized carbons (Fsp3) is 0.120. The van der Waals surface area contributed by atoms with Gasteiger partial charge in [0.15, 0.2) is 5.17 Å². The van der Waals surface area contributed by atoms with Gasteiger partial charge in [0.2, 0.25) is 0 Å². The molecule has 1 aliphatic rings. The van der Waals surface area contributed by atoms with Gasteiger partial charge in [-0.25, -0.2) is 4.99 Å². The number of rotatable bonds is 6. The maximum Gasteiger partial charge on any atom is 0.271 e. The highest BCUT2D eigenvalue weighted by Gasteiger charge is 2.34. The number of hydrogen-bond acceptors (Lipinski definition) is 4. The number of aliphatic imine (C=N–C) groups is 1. The Labute approximate surface area is 191 Å². The molecule has 0 aromatic heterocycles. The molecule has 4 rings (SSSR count). The molecular weight excluding hydrogens is 428 g/mol. The van der Waals surface area contributed by atoms with Gasteiger partial charge in [-0.15, -0.1) is 0 Å². The Morgan fingerprint density at radius 3 is 2.45 bits per heavy atom. The summed E-state index contributed by atoms with van der Waals surface area (Å²) in [4.78, 5) is 20.3. The molecule has 0 saturated carbocycles. The molecule has 0 atom stereocenters. The van der Waals surface area contributed by atoms with Crippen LogP contribution in [0.25, 0.3) is 6.08 Å². The van der Waals surface area contributed by atoms with Gasteiger partial charge in [-0.1, -0.05) is 54.9 Å². The first-order valence-corrected chi connectivity index (χ1v) is 11.2. The minimum absolute atomic E-state index is 0.132. The van der Waals surface area contributed by atoms with E-state index in [1.807, 2.05) is 78.9 Å². The van der Waals surface area contributed by atoms with Crippen molar-refractivity contribution in [3.63, 3.8) is 0 Å². The Bertz CT molecular complexity index is 1130. The number of carbonyl (C=O) groups excluding carboxylic acids is 1. The van der Waals surface area contributed by atoms with Crippen LogP contribution in [0.4, 0.5) is 11.4 Å². The van der Waals surface area contributed by atoms with E-state index in [2.05, 4.69) is 6.92 Å². The molecule has 1 fully saturated rings. The van der Waals surface area contributed by atoms with Crippen LogP contribution in [0.1, 0.15) is 18.9 Å². The first-order valence-electron chi connectivity index (χ1n) is 10.0. The van der Waals surface area contributed by atoms with E-state index in [0.29, 0.717) is 27.5 Å². The van der Waals surface area contributed by atoms with Gasteiger partial charge in [-0.3, -0.25) is 9.69 Å². The van der Waals surface area contributed by atoms with Crippen LogP contribution in [0.3, 0.4) is 0 Å². The van der Waals surface area contributed by atoms with Crippen LogP contribution in [0.2, 0.25) is 5.02 Å². The van der Waals surface area contributed by atoms with Crippen molar-refractivity contribution in [2.75, 3.05) is 11.5 Å². The standard InChI is InChI=1S/C25H21ClN2O2S/c1-2-15-30-22-14-13-19(26)16-18(22)17-23-24(29)28(21-11-7-4-8-12-21)25(31-23)27-20-9-5-3-6-10-20/h3-14,16-17H,2,15H2,1H3/b23-17+,27-25?. The Balaban J connectivity index is 1.76. The molecule has 0 radical (unpaired) electrons. The van der Waals surface area contributed by atoms with Crippen molar-refractivity contribution in [2.45, 2.75) is 13.3 Å². The molecule has 3 aromatic rings.